The number of benzene rings is 1. The van der Waals surface area contributed by atoms with Crippen LogP contribution in [0.15, 0.2) is 18.2 Å². The lowest BCUT2D eigenvalue weighted by molar-refractivity contribution is 0.0653. The van der Waals surface area contributed by atoms with Crippen molar-refractivity contribution < 1.29 is 4.74 Å². The van der Waals surface area contributed by atoms with Crippen molar-refractivity contribution in [2.75, 3.05) is 45.9 Å². The first-order valence-electron chi connectivity index (χ1n) is 13.5. The Morgan fingerprint density at radius 2 is 1.62 bits per heavy atom. The fraction of sp³-hybridized carbons (Fsp3) is 0.786. The third-order valence-corrected chi connectivity index (χ3v) is 8.94. The maximum Gasteiger partial charge on any atom is 0.119 e. The Kier molecular flexibility index (Phi) is 8.81. The molecule has 0 bridgehead atoms. The Balaban J connectivity index is 0.00000245. The van der Waals surface area contributed by atoms with Crippen LogP contribution in [0.3, 0.4) is 0 Å². The topological polar surface area (TPSA) is 15.7 Å². The number of piperidine rings is 1. The molecule has 1 atom stereocenters. The Labute approximate surface area is 202 Å². The molecule has 2 heterocycles. The van der Waals surface area contributed by atoms with E-state index in [4.69, 9.17) is 4.74 Å². The SMILES string of the molecule is Cl.c1cc2c(cc1OCCCN1CCC3(CCCCC3)CC1)CCC(CN1CCCC1)C2. The highest BCUT2D eigenvalue weighted by Gasteiger charge is 2.35. The smallest absolute Gasteiger partial charge is 0.119 e. The van der Waals surface area contributed by atoms with Crippen LogP contribution in [0.5, 0.6) is 5.75 Å². The van der Waals surface area contributed by atoms with Crippen LogP contribution in [-0.4, -0.2) is 55.7 Å². The molecular weight excluding hydrogens is 416 g/mol. The first-order chi connectivity index (χ1) is 15.3. The number of nitrogens with zero attached hydrogens (tertiary/aromatic N) is 2. The van der Waals surface area contributed by atoms with E-state index in [-0.39, 0.29) is 12.4 Å². The number of hydrogen-bond donors (Lipinski definition) is 0. The van der Waals surface area contributed by atoms with E-state index in [0.717, 1.165) is 30.1 Å². The lowest BCUT2D eigenvalue weighted by Crippen LogP contribution is -2.41. The molecule has 5 rings (SSSR count). The highest BCUT2D eigenvalue weighted by Crippen LogP contribution is 2.44. The fourth-order valence-electron chi connectivity index (χ4n) is 6.91. The van der Waals surface area contributed by atoms with Gasteiger partial charge in [0.15, 0.2) is 0 Å². The van der Waals surface area contributed by atoms with Gasteiger partial charge >= 0.3 is 0 Å². The molecule has 1 unspecified atom stereocenters. The first-order valence-corrected chi connectivity index (χ1v) is 13.5. The Morgan fingerprint density at radius 3 is 2.41 bits per heavy atom. The zero-order chi connectivity index (χ0) is 20.9. The Morgan fingerprint density at radius 1 is 0.844 bits per heavy atom. The number of halogens is 1. The summed E-state index contributed by atoms with van der Waals surface area (Å²) in [6, 6.07) is 6.93. The molecule has 0 aromatic heterocycles. The van der Waals surface area contributed by atoms with Gasteiger partial charge in [-0.2, -0.15) is 0 Å². The monoisotopic (exact) mass is 460 g/mol. The molecular formula is C28H45ClN2O. The van der Waals surface area contributed by atoms with Crippen LogP contribution in [0.1, 0.15) is 81.8 Å². The van der Waals surface area contributed by atoms with Crippen LogP contribution in [0.4, 0.5) is 0 Å². The normalized spacial score (nSPS) is 25.9. The lowest BCUT2D eigenvalue weighted by atomic mass is 9.68. The number of aryl methyl sites for hydroxylation is 1. The summed E-state index contributed by atoms with van der Waals surface area (Å²) in [6.07, 6.45) is 18.1. The molecule has 2 aliphatic heterocycles. The average Bonchev–Trinajstić information content (AvgIpc) is 3.32. The second-order valence-corrected chi connectivity index (χ2v) is 11.2. The van der Waals surface area contributed by atoms with E-state index in [2.05, 4.69) is 28.0 Å². The molecule has 1 saturated carbocycles. The summed E-state index contributed by atoms with van der Waals surface area (Å²) < 4.78 is 6.17. The summed E-state index contributed by atoms with van der Waals surface area (Å²) in [5.41, 5.74) is 3.85. The van der Waals surface area contributed by atoms with Crippen molar-refractivity contribution in [3.63, 3.8) is 0 Å². The van der Waals surface area contributed by atoms with E-state index in [0.29, 0.717) is 0 Å². The molecule has 1 aromatic rings. The van der Waals surface area contributed by atoms with Gasteiger partial charge in [-0.25, -0.2) is 0 Å². The highest BCUT2D eigenvalue weighted by atomic mass is 35.5. The lowest BCUT2D eigenvalue weighted by Gasteiger charge is -2.44. The van der Waals surface area contributed by atoms with Crippen LogP contribution >= 0.6 is 12.4 Å². The van der Waals surface area contributed by atoms with Gasteiger partial charge in [-0.1, -0.05) is 25.3 Å². The summed E-state index contributed by atoms with van der Waals surface area (Å²) >= 11 is 0. The van der Waals surface area contributed by atoms with E-state index in [9.17, 15) is 0 Å². The first kappa shape index (κ1) is 24.4. The van der Waals surface area contributed by atoms with E-state index in [1.807, 2.05) is 0 Å². The van der Waals surface area contributed by atoms with Crippen LogP contribution in [-0.2, 0) is 12.8 Å². The molecule has 180 valence electrons. The van der Waals surface area contributed by atoms with Crippen molar-refractivity contribution in [3.05, 3.63) is 29.3 Å². The minimum Gasteiger partial charge on any atom is -0.494 e. The van der Waals surface area contributed by atoms with Crippen LogP contribution in [0.25, 0.3) is 0 Å². The van der Waals surface area contributed by atoms with Crippen molar-refractivity contribution in [3.8, 4) is 5.75 Å². The van der Waals surface area contributed by atoms with E-state index in [1.54, 1.807) is 11.1 Å². The molecule has 4 aliphatic rings. The van der Waals surface area contributed by atoms with Gasteiger partial charge in [-0.3, -0.25) is 0 Å². The molecule has 3 fully saturated rings. The predicted molar refractivity (Wildman–Crippen MR) is 136 cm³/mol. The summed E-state index contributed by atoms with van der Waals surface area (Å²) in [4.78, 5) is 5.38. The molecule has 0 N–H and O–H groups in total. The summed E-state index contributed by atoms with van der Waals surface area (Å²) in [7, 11) is 0. The van der Waals surface area contributed by atoms with Gasteiger partial charge in [0, 0.05) is 13.1 Å². The van der Waals surface area contributed by atoms with Crippen molar-refractivity contribution in [1.29, 1.82) is 0 Å². The highest BCUT2D eigenvalue weighted by molar-refractivity contribution is 5.85. The van der Waals surface area contributed by atoms with Crippen molar-refractivity contribution in [1.82, 2.24) is 9.80 Å². The largest absolute Gasteiger partial charge is 0.494 e. The van der Waals surface area contributed by atoms with Crippen molar-refractivity contribution in [2.45, 2.75) is 83.5 Å². The van der Waals surface area contributed by atoms with E-state index >= 15 is 0 Å². The van der Waals surface area contributed by atoms with Gasteiger partial charge < -0.3 is 14.5 Å². The molecule has 0 amide bonds. The van der Waals surface area contributed by atoms with Crippen LogP contribution in [0, 0.1) is 11.3 Å². The zero-order valence-electron chi connectivity index (χ0n) is 20.2. The minimum absolute atomic E-state index is 0. The number of rotatable bonds is 7. The summed E-state index contributed by atoms with van der Waals surface area (Å²) in [5.74, 6) is 1.95. The number of hydrogen-bond acceptors (Lipinski definition) is 3. The second kappa shape index (κ2) is 11.6. The molecule has 1 aromatic carbocycles. The number of fused-ring (bicyclic) bond motifs is 1. The van der Waals surface area contributed by atoms with Crippen LogP contribution in [0.2, 0.25) is 0 Å². The van der Waals surface area contributed by atoms with Crippen molar-refractivity contribution in [2.24, 2.45) is 11.3 Å². The molecule has 1 spiro atoms. The van der Waals surface area contributed by atoms with Gasteiger partial charge in [0.1, 0.15) is 5.75 Å². The summed E-state index contributed by atoms with van der Waals surface area (Å²) in [5, 5.41) is 0. The molecule has 4 heteroatoms. The van der Waals surface area contributed by atoms with Gasteiger partial charge in [0.2, 0.25) is 0 Å². The van der Waals surface area contributed by atoms with Crippen LogP contribution < -0.4 is 4.74 Å². The fourth-order valence-corrected chi connectivity index (χ4v) is 6.91. The van der Waals surface area contributed by atoms with Gasteiger partial charge in [-0.05, 0) is 125 Å². The van der Waals surface area contributed by atoms with Crippen molar-refractivity contribution >= 4 is 12.4 Å². The van der Waals surface area contributed by atoms with E-state index < -0.39 is 0 Å². The van der Waals surface area contributed by atoms with Gasteiger partial charge in [0.25, 0.3) is 0 Å². The van der Waals surface area contributed by atoms with E-state index in [1.165, 1.54) is 116 Å². The molecule has 2 saturated heterocycles. The molecule has 3 nitrogen and oxygen atoms in total. The second-order valence-electron chi connectivity index (χ2n) is 11.2. The average molecular weight is 461 g/mol. The quantitative estimate of drug-likeness (QED) is 0.455. The van der Waals surface area contributed by atoms with Gasteiger partial charge in [-0.15, -0.1) is 12.4 Å². The maximum absolute atomic E-state index is 6.17. The van der Waals surface area contributed by atoms with Gasteiger partial charge in [0.05, 0.1) is 6.61 Å². The maximum atomic E-state index is 6.17. The summed E-state index contributed by atoms with van der Waals surface area (Å²) in [6.45, 7) is 8.67. The predicted octanol–water partition coefficient (Wildman–Crippen LogP) is 6.12. The minimum atomic E-state index is 0. The number of likely N-dealkylation sites (tertiary alicyclic amines) is 2. The molecule has 32 heavy (non-hydrogen) atoms. The number of ether oxygens (including phenoxy) is 1. The zero-order valence-corrected chi connectivity index (χ0v) is 21.0. The molecule has 2 aliphatic carbocycles. The third-order valence-electron chi connectivity index (χ3n) is 8.94. The Bertz CT molecular complexity index is 701. The Hall–Kier alpha value is -0.770. The standard InChI is InChI=1S/C28H44N2O.ClH/c1-2-11-28(12-3-1)13-18-29(19-14-28)17-6-20-31-27-10-9-25-21-24(7-8-26(25)22-27)23-30-15-4-5-16-30;/h9-10,22,24H,1-8,11-21,23H2;1H. The third kappa shape index (κ3) is 6.21. The molecule has 0 radical (unpaired) electrons.